The molecular weight excluding hydrogens is 338 g/mol. The molecule has 0 saturated carbocycles. The Balaban J connectivity index is 2.04. The molecule has 2 aromatic rings. The summed E-state index contributed by atoms with van der Waals surface area (Å²) in [6, 6.07) is 15.4. The summed E-state index contributed by atoms with van der Waals surface area (Å²) >= 11 is 0. The zero-order valence-corrected chi connectivity index (χ0v) is 13.9. The van der Waals surface area contributed by atoms with Gasteiger partial charge in [0.05, 0.1) is 13.0 Å². The maximum atomic E-state index is 12.6. The molecule has 0 aliphatic carbocycles. The van der Waals surface area contributed by atoms with Gasteiger partial charge in [-0.2, -0.15) is 0 Å². The average molecular weight is 357 g/mol. The molecule has 0 bridgehead atoms. The van der Waals surface area contributed by atoms with Gasteiger partial charge in [0.15, 0.2) is 0 Å². The van der Waals surface area contributed by atoms with Crippen LogP contribution in [0.1, 0.15) is 5.56 Å². The molecule has 2 aromatic carbocycles. The average Bonchev–Trinajstić information content (AvgIpc) is 2.67. The van der Waals surface area contributed by atoms with Crippen LogP contribution >= 0.6 is 0 Å². The molecule has 2 rings (SSSR count). The van der Waals surface area contributed by atoms with Crippen LogP contribution in [0.25, 0.3) is 0 Å². The first-order valence-corrected chi connectivity index (χ1v) is 7.85. The van der Waals surface area contributed by atoms with Crippen LogP contribution in [-0.2, 0) is 20.8 Å². The van der Waals surface area contributed by atoms with Gasteiger partial charge in [-0.05, 0) is 29.8 Å². The van der Waals surface area contributed by atoms with Crippen molar-refractivity contribution < 1.29 is 24.7 Å². The lowest BCUT2D eigenvalue weighted by atomic mass is 10.1. The minimum atomic E-state index is -1.17. The van der Waals surface area contributed by atoms with Gasteiger partial charge in [0.1, 0.15) is 0 Å². The zero-order chi connectivity index (χ0) is 18.9. The first-order valence-electron chi connectivity index (χ1n) is 7.85. The lowest BCUT2D eigenvalue weighted by Gasteiger charge is -2.22. The number of amides is 3. The molecule has 0 aromatic heterocycles. The van der Waals surface area contributed by atoms with Gasteiger partial charge in [-0.1, -0.05) is 30.3 Å². The lowest BCUT2D eigenvalue weighted by molar-refractivity contribution is -0.141. The van der Waals surface area contributed by atoms with Crippen LogP contribution in [0.3, 0.4) is 0 Å². The van der Waals surface area contributed by atoms with Crippen LogP contribution < -0.4 is 15.7 Å². The largest absolute Gasteiger partial charge is 0.395 e. The minimum absolute atomic E-state index is 0.111. The predicted octanol–water partition coefficient (Wildman–Crippen LogP) is 0.698. The summed E-state index contributed by atoms with van der Waals surface area (Å²) in [5, 5.41) is 19.9. The van der Waals surface area contributed by atoms with E-state index in [-0.39, 0.29) is 25.5 Å². The molecule has 0 radical (unpaired) electrons. The molecule has 0 unspecified atom stereocenters. The van der Waals surface area contributed by atoms with Crippen molar-refractivity contribution in [1.82, 2.24) is 5.48 Å². The quantitative estimate of drug-likeness (QED) is 0.345. The van der Waals surface area contributed by atoms with E-state index in [0.717, 1.165) is 0 Å². The Morgan fingerprint density at radius 1 is 0.923 bits per heavy atom. The smallest absolute Gasteiger partial charge is 0.332 e. The Kier molecular flexibility index (Phi) is 6.84. The number of aliphatic hydroxyl groups is 1. The zero-order valence-electron chi connectivity index (χ0n) is 13.9. The number of aliphatic hydroxyl groups excluding tert-OH is 1. The van der Waals surface area contributed by atoms with Crippen molar-refractivity contribution in [3.8, 4) is 0 Å². The van der Waals surface area contributed by atoms with E-state index in [0.29, 0.717) is 16.9 Å². The third kappa shape index (κ3) is 5.13. The number of rotatable bonds is 6. The number of para-hydroxylation sites is 1. The molecule has 8 nitrogen and oxygen atoms in total. The minimum Gasteiger partial charge on any atom is -0.395 e. The summed E-state index contributed by atoms with van der Waals surface area (Å²) < 4.78 is 0. The number of carbonyl (C=O) groups is 3. The number of nitrogens with zero attached hydrogens (tertiary/aromatic N) is 1. The summed E-state index contributed by atoms with van der Waals surface area (Å²) in [5.74, 6) is -2.36. The highest BCUT2D eigenvalue weighted by Gasteiger charge is 2.16. The first-order chi connectivity index (χ1) is 12.5. The Morgan fingerprint density at radius 2 is 1.58 bits per heavy atom. The van der Waals surface area contributed by atoms with Gasteiger partial charge < -0.3 is 15.3 Å². The summed E-state index contributed by atoms with van der Waals surface area (Å²) in [5.41, 5.74) is 3.00. The standard InChI is InChI=1S/C18H19N3O5/c22-11-10-21(15-4-2-1-3-5-15)16(23)12-13-6-8-14(9-7-13)19-17(24)18(25)20-26/h1-9,22,26H,10-12H2,(H,19,24)(H,20,25). The van der Waals surface area contributed by atoms with Crippen molar-refractivity contribution in [1.29, 1.82) is 0 Å². The summed E-state index contributed by atoms with van der Waals surface area (Å²) in [6.45, 7) is 0.0335. The monoisotopic (exact) mass is 357 g/mol. The maximum absolute atomic E-state index is 12.6. The third-order valence-electron chi connectivity index (χ3n) is 3.57. The number of anilines is 2. The van der Waals surface area contributed by atoms with E-state index >= 15 is 0 Å². The van der Waals surface area contributed by atoms with Crippen LogP contribution in [0, 0.1) is 0 Å². The second-order valence-corrected chi connectivity index (χ2v) is 5.37. The molecule has 136 valence electrons. The second-order valence-electron chi connectivity index (χ2n) is 5.37. The fourth-order valence-corrected chi connectivity index (χ4v) is 2.32. The number of benzene rings is 2. The van der Waals surface area contributed by atoms with E-state index in [9.17, 15) is 19.5 Å². The molecule has 0 aliphatic rings. The van der Waals surface area contributed by atoms with E-state index in [1.165, 1.54) is 10.4 Å². The molecule has 0 saturated heterocycles. The molecule has 8 heteroatoms. The van der Waals surface area contributed by atoms with Gasteiger partial charge in [0.2, 0.25) is 5.91 Å². The SMILES string of the molecule is O=C(NO)C(=O)Nc1ccc(CC(=O)N(CCO)c2ccccc2)cc1. The van der Waals surface area contributed by atoms with Crippen LogP contribution in [-0.4, -0.2) is 41.2 Å². The Hall–Kier alpha value is -3.23. The first kappa shape index (κ1) is 19.1. The van der Waals surface area contributed by atoms with Gasteiger partial charge in [-0.3, -0.25) is 19.6 Å². The van der Waals surface area contributed by atoms with Crippen LogP contribution in [0.5, 0.6) is 0 Å². The fraction of sp³-hybridized carbons (Fsp3) is 0.167. The number of nitrogens with one attached hydrogen (secondary N) is 2. The van der Waals surface area contributed by atoms with Gasteiger partial charge in [-0.15, -0.1) is 0 Å². The lowest BCUT2D eigenvalue weighted by Crippen LogP contribution is -2.34. The third-order valence-corrected chi connectivity index (χ3v) is 3.57. The molecule has 0 fully saturated rings. The molecule has 0 heterocycles. The van der Waals surface area contributed by atoms with E-state index in [2.05, 4.69) is 5.32 Å². The van der Waals surface area contributed by atoms with Crippen molar-refractivity contribution in [2.75, 3.05) is 23.4 Å². The van der Waals surface area contributed by atoms with Crippen molar-refractivity contribution in [2.24, 2.45) is 0 Å². The number of carbonyl (C=O) groups excluding carboxylic acids is 3. The molecule has 0 aliphatic heterocycles. The van der Waals surface area contributed by atoms with Gasteiger partial charge in [0, 0.05) is 17.9 Å². The highest BCUT2D eigenvalue weighted by Crippen LogP contribution is 2.16. The molecule has 3 amide bonds. The maximum Gasteiger partial charge on any atom is 0.332 e. The molecule has 26 heavy (non-hydrogen) atoms. The molecule has 0 atom stereocenters. The highest BCUT2D eigenvalue weighted by atomic mass is 16.5. The van der Waals surface area contributed by atoms with E-state index in [1.54, 1.807) is 36.4 Å². The van der Waals surface area contributed by atoms with Gasteiger partial charge in [0.25, 0.3) is 0 Å². The van der Waals surface area contributed by atoms with E-state index in [1.807, 2.05) is 18.2 Å². The number of hydrogen-bond acceptors (Lipinski definition) is 5. The molecule has 0 spiro atoms. The summed E-state index contributed by atoms with van der Waals surface area (Å²) in [4.78, 5) is 36.4. The number of hydrogen-bond donors (Lipinski definition) is 4. The predicted molar refractivity (Wildman–Crippen MR) is 94.6 cm³/mol. The second kappa shape index (κ2) is 9.30. The number of hydroxylamine groups is 1. The van der Waals surface area contributed by atoms with Gasteiger partial charge in [-0.25, -0.2) is 5.48 Å². The van der Waals surface area contributed by atoms with Crippen molar-refractivity contribution in [3.63, 3.8) is 0 Å². The fourth-order valence-electron chi connectivity index (χ4n) is 2.32. The Bertz CT molecular complexity index is 762. The van der Waals surface area contributed by atoms with Crippen LogP contribution in [0.2, 0.25) is 0 Å². The van der Waals surface area contributed by atoms with Crippen LogP contribution in [0.15, 0.2) is 54.6 Å². The molecular formula is C18H19N3O5. The highest BCUT2D eigenvalue weighted by molar-refractivity contribution is 6.39. The van der Waals surface area contributed by atoms with Crippen molar-refractivity contribution >= 4 is 29.1 Å². The Labute approximate surface area is 150 Å². The topological polar surface area (TPSA) is 119 Å². The normalized spacial score (nSPS) is 10.1. The summed E-state index contributed by atoms with van der Waals surface area (Å²) in [6.07, 6.45) is 0.111. The molecule has 4 N–H and O–H groups in total. The van der Waals surface area contributed by atoms with Crippen molar-refractivity contribution in [3.05, 3.63) is 60.2 Å². The van der Waals surface area contributed by atoms with E-state index < -0.39 is 11.8 Å². The van der Waals surface area contributed by atoms with Gasteiger partial charge >= 0.3 is 11.8 Å². The van der Waals surface area contributed by atoms with Crippen LogP contribution in [0.4, 0.5) is 11.4 Å². The Morgan fingerprint density at radius 3 is 2.15 bits per heavy atom. The summed E-state index contributed by atoms with van der Waals surface area (Å²) in [7, 11) is 0. The van der Waals surface area contributed by atoms with Crippen molar-refractivity contribution in [2.45, 2.75) is 6.42 Å². The van der Waals surface area contributed by atoms with E-state index in [4.69, 9.17) is 5.21 Å².